The normalized spacial score (nSPS) is 17.5. The zero-order valence-corrected chi connectivity index (χ0v) is 29.8. The second kappa shape index (κ2) is 15.4. The number of anilines is 1. The molecule has 264 valence electrons. The molecule has 1 aromatic heterocycles. The van der Waals surface area contributed by atoms with Gasteiger partial charge in [-0.2, -0.15) is 9.97 Å². The number of aromatic nitrogens is 2. The lowest BCUT2D eigenvalue weighted by atomic mass is 10.1. The molecule has 13 heteroatoms. The van der Waals surface area contributed by atoms with E-state index in [1.807, 2.05) is 20.8 Å². The van der Waals surface area contributed by atoms with Crippen LogP contribution in [0.5, 0.6) is 11.8 Å². The standard InChI is InChI=1S/C35H51FN6O6/c1-34(2,3)47-32(43)40(8)22-26-28(16-15-25-27(36)13-10-14-29(25)45-9)37-31(46-23-24-12-11-17-39(24)7)38-30(26)41-18-20-42(21-19-41)33(44)48-35(4,5)6/h10,13-16,24H,11-12,17-23H2,1-9H3/b16-15+/t24-/m0/s1. The molecule has 2 aliphatic heterocycles. The predicted molar refractivity (Wildman–Crippen MR) is 183 cm³/mol. The van der Waals surface area contributed by atoms with Gasteiger partial charge >= 0.3 is 18.2 Å². The minimum atomic E-state index is -0.697. The highest BCUT2D eigenvalue weighted by atomic mass is 19.1. The minimum Gasteiger partial charge on any atom is -0.496 e. The van der Waals surface area contributed by atoms with Gasteiger partial charge < -0.3 is 38.5 Å². The van der Waals surface area contributed by atoms with Gasteiger partial charge in [0.25, 0.3) is 0 Å². The fraction of sp³-hybridized carbons (Fsp3) is 0.600. The van der Waals surface area contributed by atoms with E-state index in [1.54, 1.807) is 57.0 Å². The molecule has 1 atom stereocenters. The minimum absolute atomic E-state index is 0.0935. The molecule has 0 saturated carbocycles. The SMILES string of the molecule is COc1cccc(F)c1/C=C/c1nc(OC[C@@H]2CCCN2C)nc(N2CCN(C(=O)OC(C)(C)C)CC2)c1CN(C)C(=O)OC(C)(C)C. The van der Waals surface area contributed by atoms with Crippen LogP contribution >= 0.6 is 0 Å². The van der Waals surface area contributed by atoms with Crippen molar-refractivity contribution in [1.29, 1.82) is 0 Å². The first-order valence-corrected chi connectivity index (χ1v) is 16.5. The number of rotatable bonds is 9. The van der Waals surface area contributed by atoms with Gasteiger partial charge in [-0.05, 0) is 92.3 Å². The molecule has 4 rings (SSSR count). The first-order chi connectivity index (χ1) is 22.5. The molecule has 1 aromatic carbocycles. The van der Waals surface area contributed by atoms with Crippen molar-refractivity contribution in [2.75, 3.05) is 65.4 Å². The summed E-state index contributed by atoms with van der Waals surface area (Å²) >= 11 is 0. The molecule has 12 nitrogen and oxygen atoms in total. The van der Waals surface area contributed by atoms with Crippen molar-refractivity contribution < 1.29 is 32.9 Å². The van der Waals surface area contributed by atoms with Crippen molar-refractivity contribution in [1.82, 2.24) is 24.7 Å². The van der Waals surface area contributed by atoms with Crippen molar-refractivity contribution >= 4 is 30.2 Å². The molecule has 0 unspecified atom stereocenters. The van der Waals surface area contributed by atoms with Crippen molar-refractivity contribution in [2.45, 2.75) is 78.2 Å². The third-order valence-electron chi connectivity index (χ3n) is 8.05. The smallest absolute Gasteiger partial charge is 0.410 e. The molecule has 0 spiro atoms. The van der Waals surface area contributed by atoms with E-state index in [0.717, 1.165) is 19.4 Å². The number of benzene rings is 1. The van der Waals surface area contributed by atoms with Gasteiger partial charge in [0.15, 0.2) is 0 Å². The number of nitrogens with zero attached hydrogens (tertiary/aromatic N) is 6. The molecule has 2 aliphatic rings. The molecular weight excluding hydrogens is 619 g/mol. The molecule has 0 N–H and O–H groups in total. The predicted octanol–water partition coefficient (Wildman–Crippen LogP) is 5.69. The van der Waals surface area contributed by atoms with Crippen LogP contribution in [0.1, 0.15) is 71.2 Å². The number of carbonyl (C=O) groups is 2. The van der Waals surface area contributed by atoms with Gasteiger partial charge in [-0.1, -0.05) is 6.07 Å². The Morgan fingerprint density at radius 3 is 2.29 bits per heavy atom. The Bertz CT molecular complexity index is 1460. The molecule has 2 fully saturated rings. The number of ether oxygens (including phenoxy) is 4. The maximum Gasteiger partial charge on any atom is 0.410 e. The summed E-state index contributed by atoms with van der Waals surface area (Å²) in [6, 6.07) is 5.03. The van der Waals surface area contributed by atoms with E-state index in [1.165, 1.54) is 18.1 Å². The number of carbonyl (C=O) groups excluding carboxylic acids is 2. The van der Waals surface area contributed by atoms with Crippen LogP contribution in [0.4, 0.5) is 19.8 Å². The number of amides is 2. The lowest BCUT2D eigenvalue weighted by Crippen LogP contribution is -2.50. The monoisotopic (exact) mass is 670 g/mol. The molecule has 2 aromatic rings. The number of methoxy groups -OCH3 is 1. The van der Waals surface area contributed by atoms with Gasteiger partial charge in [0, 0.05) is 44.8 Å². The summed E-state index contributed by atoms with van der Waals surface area (Å²) in [5, 5.41) is 0. The summed E-state index contributed by atoms with van der Waals surface area (Å²) in [7, 11) is 5.20. The number of likely N-dealkylation sites (N-methyl/N-ethyl adjacent to an activating group) is 1. The van der Waals surface area contributed by atoms with Gasteiger partial charge in [0.1, 0.15) is 35.2 Å². The molecule has 0 bridgehead atoms. The summed E-state index contributed by atoms with van der Waals surface area (Å²) in [5.41, 5.74) is 0.0172. The van der Waals surface area contributed by atoms with Gasteiger partial charge in [0.05, 0.1) is 24.9 Å². The Morgan fingerprint density at radius 1 is 1.00 bits per heavy atom. The van der Waals surface area contributed by atoms with E-state index in [4.69, 9.17) is 28.9 Å². The molecule has 3 heterocycles. The van der Waals surface area contributed by atoms with E-state index in [-0.39, 0.29) is 30.3 Å². The van der Waals surface area contributed by atoms with Gasteiger partial charge in [0.2, 0.25) is 0 Å². The Morgan fingerprint density at radius 2 is 1.69 bits per heavy atom. The topological polar surface area (TPSA) is 110 Å². The van der Waals surface area contributed by atoms with Crippen LogP contribution in [-0.2, 0) is 16.0 Å². The van der Waals surface area contributed by atoms with Gasteiger partial charge in [-0.25, -0.2) is 14.0 Å². The highest BCUT2D eigenvalue weighted by molar-refractivity contribution is 5.76. The summed E-state index contributed by atoms with van der Waals surface area (Å²) in [6.07, 6.45) is 4.50. The lowest BCUT2D eigenvalue weighted by Gasteiger charge is -2.37. The van der Waals surface area contributed by atoms with E-state index in [9.17, 15) is 14.0 Å². The fourth-order valence-corrected chi connectivity index (χ4v) is 5.53. The van der Waals surface area contributed by atoms with Crippen LogP contribution in [0.2, 0.25) is 0 Å². The van der Waals surface area contributed by atoms with Crippen LogP contribution in [0, 0.1) is 5.82 Å². The van der Waals surface area contributed by atoms with E-state index in [2.05, 4.69) is 16.8 Å². The van der Waals surface area contributed by atoms with Crippen molar-refractivity contribution in [3.05, 3.63) is 40.8 Å². The summed E-state index contributed by atoms with van der Waals surface area (Å²) in [5.74, 6) is 0.470. The second-order valence-corrected chi connectivity index (χ2v) is 14.3. The summed E-state index contributed by atoms with van der Waals surface area (Å²) < 4.78 is 37.9. The third kappa shape index (κ3) is 9.94. The van der Waals surface area contributed by atoms with Crippen molar-refractivity contribution in [2.24, 2.45) is 0 Å². The maximum atomic E-state index is 15.0. The van der Waals surface area contributed by atoms with E-state index >= 15 is 0 Å². The van der Waals surface area contributed by atoms with Crippen LogP contribution in [0.25, 0.3) is 12.2 Å². The maximum absolute atomic E-state index is 15.0. The van der Waals surface area contributed by atoms with Gasteiger partial charge in [-0.15, -0.1) is 0 Å². The summed E-state index contributed by atoms with van der Waals surface area (Å²) in [6.45, 7) is 14.1. The number of hydrogen-bond donors (Lipinski definition) is 0. The molecular formula is C35H51FN6O6. The Balaban J connectivity index is 1.76. The zero-order valence-electron chi connectivity index (χ0n) is 29.8. The molecule has 0 aliphatic carbocycles. The zero-order chi connectivity index (χ0) is 35.2. The highest BCUT2D eigenvalue weighted by Crippen LogP contribution is 2.30. The van der Waals surface area contributed by atoms with Crippen molar-refractivity contribution in [3.63, 3.8) is 0 Å². The molecule has 48 heavy (non-hydrogen) atoms. The lowest BCUT2D eigenvalue weighted by molar-refractivity contribution is 0.0236. The average Bonchev–Trinajstić information content (AvgIpc) is 3.42. The van der Waals surface area contributed by atoms with Crippen molar-refractivity contribution in [3.8, 4) is 11.8 Å². The van der Waals surface area contributed by atoms with E-state index in [0.29, 0.717) is 55.6 Å². The number of piperazine rings is 1. The molecule has 2 saturated heterocycles. The summed E-state index contributed by atoms with van der Waals surface area (Å²) in [4.78, 5) is 43.1. The Labute approximate surface area is 283 Å². The highest BCUT2D eigenvalue weighted by Gasteiger charge is 2.30. The Kier molecular flexibility index (Phi) is 11.8. The fourth-order valence-electron chi connectivity index (χ4n) is 5.53. The Hall–Kier alpha value is -4.13. The van der Waals surface area contributed by atoms with Crippen LogP contribution in [-0.4, -0.2) is 115 Å². The quantitative estimate of drug-likeness (QED) is 0.330. The molecule has 0 radical (unpaired) electrons. The largest absolute Gasteiger partial charge is 0.496 e. The molecule has 2 amide bonds. The van der Waals surface area contributed by atoms with Crippen LogP contribution in [0.3, 0.4) is 0 Å². The van der Waals surface area contributed by atoms with Gasteiger partial charge in [-0.3, -0.25) is 0 Å². The number of halogens is 1. The number of hydrogen-bond acceptors (Lipinski definition) is 10. The van der Waals surface area contributed by atoms with Crippen LogP contribution < -0.4 is 14.4 Å². The number of likely N-dealkylation sites (tertiary alicyclic amines) is 1. The first-order valence-electron chi connectivity index (χ1n) is 16.5. The van der Waals surface area contributed by atoms with Crippen LogP contribution in [0.15, 0.2) is 18.2 Å². The second-order valence-electron chi connectivity index (χ2n) is 14.3. The average molecular weight is 671 g/mol. The first kappa shape index (κ1) is 36.7. The third-order valence-corrected chi connectivity index (χ3v) is 8.05. The van der Waals surface area contributed by atoms with E-state index < -0.39 is 23.1 Å².